The van der Waals surface area contributed by atoms with E-state index < -0.39 is 0 Å². The minimum absolute atomic E-state index is 0.424. The highest BCUT2D eigenvalue weighted by molar-refractivity contribution is 4.86. The standard InChI is InChI=1S/C14H28N2O/c1-3-4-9-16(11-13-6-5-8-15-13)14-7-10-17-12(14)2/h12-15H,3-11H2,1-2H3. The molecule has 2 fully saturated rings. The van der Waals surface area contributed by atoms with E-state index in [1.165, 1.54) is 51.7 Å². The van der Waals surface area contributed by atoms with Crippen LogP contribution in [0.15, 0.2) is 0 Å². The average molecular weight is 240 g/mol. The maximum absolute atomic E-state index is 5.73. The summed E-state index contributed by atoms with van der Waals surface area (Å²) in [6.45, 7) is 9.14. The zero-order valence-electron chi connectivity index (χ0n) is 11.5. The van der Waals surface area contributed by atoms with E-state index in [1.54, 1.807) is 0 Å². The fourth-order valence-corrected chi connectivity index (χ4v) is 3.15. The molecule has 0 aromatic heterocycles. The Hall–Kier alpha value is -0.120. The molecule has 3 heteroatoms. The lowest BCUT2D eigenvalue weighted by Crippen LogP contribution is -2.46. The van der Waals surface area contributed by atoms with Crippen LogP contribution in [0.3, 0.4) is 0 Å². The number of hydrogen-bond donors (Lipinski definition) is 1. The van der Waals surface area contributed by atoms with Gasteiger partial charge in [0.25, 0.3) is 0 Å². The van der Waals surface area contributed by atoms with E-state index in [9.17, 15) is 0 Å². The Morgan fingerprint density at radius 2 is 2.24 bits per heavy atom. The summed E-state index contributed by atoms with van der Waals surface area (Å²) in [6, 6.07) is 1.38. The Labute approximate surface area is 106 Å². The van der Waals surface area contributed by atoms with Crippen molar-refractivity contribution in [2.24, 2.45) is 0 Å². The molecular weight excluding hydrogens is 212 g/mol. The molecule has 0 amide bonds. The third-order valence-corrected chi connectivity index (χ3v) is 4.22. The van der Waals surface area contributed by atoms with Crippen molar-refractivity contribution < 1.29 is 4.74 Å². The van der Waals surface area contributed by atoms with Gasteiger partial charge in [0.15, 0.2) is 0 Å². The van der Waals surface area contributed by atoms with E-state index >= 15 is 0 Å². The second kappa shape index (κ2) is 6.72. The van der Waals surface area contributed by atoms with Gasteiger partial charge in [0.1, 0.15) is 0 Å². The normalized spacial score (nSPS) is 33.7. The molecule has 0 aliphatic carbocycles. The first-order valence-corrected chi connectivity index (χ1v) is 7.40. The summed E-state index contributed by atoms with van der Waals surface area (Å²) < 4.78 is 5.73. The van der Waals surface area contributed by atoms with Crippen molar-refractivity contribution in [2.45, 2.75) is 64.1 Å². The molecule has 0 aromatic carbocycles. The molecule has 100 valence electrons. The number of ether oxygens (including phenoxy) is 1. The quantitative estimate of drug-likeness (QED) is 0.769. The van der Waals surface area contributed by atoms with Gasteiger partial charge in [0, 0.05) is 25.2 Å². The van der Waals surface area contributed by atoms with Crippen molar-refractivity contribution in [2.75, 3.05) is 26.2 Å². The highest BCUT2D eigenvalue weighted by Gasteiger charge is 2.31. The zero-order chi connectivity index (χ0) is 12.1. The van der Waals surface area contributed by atoms with Crippen molar-refractivity contribution in [3.8, 4) is 0 Å². The Balaban J connectivity index is 1.86. The smallest absolute Gasteiger partial charge is 0.0703 e. The Bertz CT molecular complexity index is 216. The van der Waals surface area contributed by atoms with E-state index in [2.05, 4.69) is 24.1 Å². The second-order valence-corrected chi connectivity index (χ2v) is 5.57. The van der Waals surface area contributed by atoms with E-state index in [4.69, 9.17) is 4.74 Å². The highest BCUT2D eigenvalue weighted by atomic mass is 16.5. The molecule has 0 bridgehead atoms. The van der Waals surface area contributed by atoms with Crippen LogP contribution in [0, 0.1) is 0 Å². The molecule has 3 atom stereocenters. The molecule has 2 heterocycles. The van der Waals surface area contributed by atoms with Gasteiger partial charge < -0.3 is 10.1 Å². The Morgan fingerprint density at radius 3 is 2.82 bits per heavy atom. The average Bonchev–Trinajstić information content (AvgIpc) is 2.95. The summed E-state index contributed by atoms with van der Waals surface area (Å²) >= 11 is 0. The molecule has 2 rings (SSSR count). The Kier molecular flexibility index (Phi) is 5.26. The van der Waals surface area contributed by atoms with E-state index in [-0.39, 0.29) is 0 Å². The van der Waals surface area contributed by atoms with Crippen LogP contribution in [0.2, 0.25) is 0 Å². The third-order valence-electron chi connectivity index (χ3n) is 4.22. The van der Waals surface area contributed by atoms with Gasteiger partial charge in [-0.25, -0.2) is 0 Å². The molecule has 3 nitrogen and oxygen atoms in total. The largest absolute Gasteiger partial charge is 0.377 e. The number of hydrogen-bond acceptors (Lipinski definition) is 3. The Morgan fingerprint density at radius 1 is 1.35 bits per heavy atom. The van der Waals surface area contributed by atoms with E-state index in [0.717, 1.165) is 12.6 Å². The van der Waals surface area contributed by atoms with Crippen LogP contribution in [0.4, 0.5) is 0 Å². The van der Waals surface area contributed by atoms with Gasteiger partial charge in [-0.15, -0.1) is 0 Å². The summed E-state index contributed by atoms with van der Waals surface area (Å²) in [5.41, 5.74) is 0. The van der Waals surface area contributed by atoms with Crippen LogP contribution in [-0.2, 0) is 4.74 Å². The van der Waals surface area contributed by atoms with Gasteiger partial charge in [-0.2, -0.15) is 0 Å². The van der Waals surface area contributed by atoms with Crippen molar-refractivity contribution >= 4 is 0 Å². The van der Waals surface area contributed by atoms with Crippen LogP contribution in [0.25, 0.3) is 0 Å². The summed E-state index contributed by atoms with van der Waals surface area (Å²) in [5.74, 6) is 0. The maximum Gasteiger partial charge on any atom is 0.0703 e. The van der Waals surface area contributed by atoms with E-state index in [0.29, 0.717) is 12.1 Å². The fraction of sp³-hybridized carbons (Fsp3) is 1.00. The number of rotatable bonds is 6. The fourth-order valence-electron chi connectivity index (χ4n) is 3.15. The number of unbranched alkanes of at least 4 members (excludes halogenated alkanes) is 1. The SMILES string of the molecule is CCCCN(CC1CCCN1)C1CCOC1C. The van der Waals surface area contributed by atoms with Crippen LogP contribution in [-0.4, -0.2) is 49.3 Å². The first kappa shape index (κ1) is 13.3. The van der Waals surface area contributed by atoms with Crippen LogP contribution < -0.4 is 5.32 Å². The molecule has 0 aromatic rings. The van der Waals surface area contributed by atoms with Crippen LogP contribution in [0.1, 0.15) is 46.0 Å². The molecule has 1 N–H and O–H groups in total. The summed E-state index contributed by atoms with van der Waals surface area (Å²) in [6.07, 6.45) is 6.95. The van der Waals surface area contributed by atoms with Gasteiger partial charge in [-0.3, -0.25) is 4.90 Å². The van der Waals surface area contributed by atoms with Crippen molar-refractivity contribution in [3.05, 3.63) is 0 Å². The van der Waals surface area contributed by atoms with Gasteiger partial charge in [0.2, 0.25) is 0 Å². The van der Waals surface area contributed by atoms with Gasteiger partial charge >= 0.3 is 0 Å². The summed E-state index contributed by atoms with van der Waals surface area (Å²) in [4.78, 5) is 2.68. The predicted octanol–water partition coefficient (Wildman–Crippen LogP) is 2.02. The molecule has 0 radical (unpaired) electrons. The van der Waals surface area contributed by atoms with Crippen molar-refractivity contribution in [1.82, 2.24) is 10.2 Å². The molecule has 17 heavy (non-hydrogen) atoms. The predicted molar refractivity (Wildman–Crippen MR) is 71.3 cm³/mol. The summed E-state index contributed by atoms with van der Waals surface area (Å²) in [7, 11) is 0. The number of nitrogens with one attached hydrogen (secondary N) is 1. The van der Waals surface area contributed by atoms with Gasteiger partial charge in [-0.05, 0) is 45.7 Å². The monoisotopic (exact) mass is 240 g/mol. The van der Waals surface area contributed by atoms with Crippen LogP contribution in [0.5, 0.6) is 0 Å². The van der Waals surface area contributed by atoms with Crippen LogP contribution >= 0.6 is 0 Å². The lowest BCUT2D eigenvalue weighted by Gasteiger charge is -2.32. The highest BCUT2D eigenvalue weighted by Crippen LogP contribution is 2.21. The molecule has 2 aliphatic heterocycles. The lowest BCUT2D eigenvalue weighted by atomic mass is 10.1. The zero-order valence-corrected chi connectivity index (χ0v) is 11.5. The minimum Gasteiger partial charge on any atom is -0.377 e. The molecule has 2 aliphatic rings. The summed E-state index contributed by atoms with van der Waals surface area (Å²) in [5, 5.41) is 3.62. The van der Waals surface area contributed by atoms with Gasteiger partial charge in [0.05, 0.1) is 6.10 Å². The number of nitrogens with zero attached hydrogens (tertiary/aromatic N) is 1. The first-order valence-electron chi connectivity index (χ1n) is 7.40. The maximum atomic E-state index is 5.73. The molecule has 0 spiro atoms. The molecular formula is C14H28N2O. The minimum atomic E-state index is 0.424. The lowest BCUT2D eigenvalue weighted by molar-refractivity contribution is 0.0697. The molecule has 2 saturated heterocycles. The van der Waals surface area contributed by atoms with E-state index in [1.807, 2.05) is 0 Å². The first-order chi connectivity index (χ1) is 8.31. The van der Waals surface area contributed by atoms with Gasteiger partial charge in [-0.1, -0.05) is 13.3 Å². The van der Waals surface area contributed by atoms with Crippen molar-refractivity contribution in [1.29, 1.82) is 0 Å². The topological polar surface area (TPSA) is 24.5 Å². The second-order valence-electron chi connectivity index (χ2n) is 5.57. The molecule has 3 unspecified atom stereocenters. The third kappa shape index (κ3) is 3.67. The van der Waals surface area contributed by atoms with Crippen molar-refractivity contribution in [3.63, 3.8) is 0 Å². The molecule has 0 saturated carbocycles.